The van der Waals surface area contributed by atoms with Gasteiger partial charge in [-0.1, -0.05) is 0 Å². The van der Waals surface area contributed by atoms with Crippen molar-refractivity contribution in [2.45, 2.75) is 32.5 Å². The molecule has 0 radical (unpaired) electrons. The van der Waals surface area contributed by atoms with Gasteiger partial charge >= 0.3 is 6.18 Å². The SMILES string of the molecule is CNC(=O)c1ccc(N2C(=S)N(c3ccc(C#N)c(C(F)(F)F)n3)C(=N)C2(C)C)cc1C. The zero-order valence-corrected chi connectivity index (χ0v) is 18.4. The summed E-state index contributed by atoms with van der Waals surface area (Å²) in [5.74, 6) is -0.547. The Morgan fingerprint density at radius 3 is 2.47 bits per heavy atom. The quantitative estimate of drug-likeness (QED) is 0.672. The Hall–Kier alpha value is -3.52. The summed E-state index contributed by atoms with van der Waals surface area (Å²) < 4.78 is 40.2. The topological polar surface area (TPSA) is 96.1 Å². The molecule has 0 atom stereocenters. The van der Waals surface area contributed by atoms with Crippen molar-refractivity contribution in [2.75, 3.05) is 16.8 Å². The smallest absolute Gasteiger partial charge is 0.355 e. The van der Waals surface area contributed by atoms with Gasteiger partial charge in [-0.2, -0.15) is 18.4 Å². The van der Waals surface area contributed by atoms with E-state index in [0.29, 0.717) is 16.8 Å². The van der Waals surface area contributed by atoms with Gasteiger partial charge in [-0.15, -0.1) is 0 Å². The molecular weight excluding hydrogens is 441 g/mol. The number of aryl methyl sites for hydroxylation is 1. The number of nitrogens with zero attached hydrogens (tertiary/aromatic N) is 4. The predicted octanol–water partition coefficient (Wildman–Crippen LogP) is 4.01. The number of nitrogens with one attached hydrogen (secondary N) is 2. The summed E-state index contributed by atoms with van der Waals surface area (Å²) >= 11 is 5.55. The van der Waals surface area contributed by atoms with Crippen LogP contribution in [-0.2, 0) is 6.18 Å². The lowest BCUT2D eigenvalue weighted by Crippen LogP contribution is -2.44. The maximum atomic E-state index is 13.4. The molecule has 1 saturated heterocycles. The van der Waals surface area contributed by atoms with Gasteiger partial charge in [-0.3, -0.25) is 15.1 Å². The standard InChI is InChI=1S/C21H19F3N6OS/c1-11-9-13(6-7-14(11)17(31)27-4)30-19(32)29(18(26)20(30,2)3)15-8-5-12(10-25)16(28-15)21(22,23)24/h5-9,26H,1-4H3,(H,27,31). The van der Waals surface area contributed by atoms with Crippen LogP contribution in [0.25, 0.3) is 0 Å². The molecule has 32 heavy (non-hydrogen) atoms. The monoisotopic (exact) mass is 460 g/mol. The highest BCUT2D eigenvalue weighted by molar-refractivity contribution is 7.81. The van der Waals surface area contributed by atoms with Crippen molar-refractivity contribution in [1.82, 2.24) is 10.3 Å². The van der Waals surface area contributed by atoms with Crippen LogP contribution in [0, 0.1) is 23.7 Å². The fraction of sp³-hybridized carbons (Fsp3) is 0.286. The molecule has 0 unspecified atom stereocenters. The number of hydrogen-bond acceptors (Lipinski definition) is 5. The van der Waals surface area contributed by atoms with Crippen LogP contribution in [0.15, 0.2) is 30.3 Å². The first-order valence-corrected chi connectivity index (χ1v) is 9.79. The van der Waals surface area contributed by atoms with Crippen molar-refractivity contribution in [3.63, 3.8) is 0 Å². The Kier molecular flexibility index (Phi) is 5.69. The number of rotatable bonds is 3. The lowest BCUT2D eigenvalue weighted by Gasteiger charge is -2.31. The number of anilines is 2. The maximum absolute atomic E-state index is 13.4. The highest BCUT2D eigenvalue weighted by Crippen LogP contribution is 2.38. The average Bonchev–Trinajstić information content (AvgIpc) is 2.90. The first kappa shape index (κ1) is 23.1. The third-order valence-corrected chi connectivity index (χ3v) is 5.55. The molecule has 0 aliphatic carbocycles. The molecule has 1 aliphatic heterocycles. The van der Waals surface area contributed by atoms with Gasteiger partial charge in [0.05, 0.1) is 11.1 Å². The number of carbonyl (C=O) groups excluding carboxylic acids is 1. The van der Waals surface area contributed by atoms with E-state index in [2.05, 4.69) is 10.3 Å². The number of aromatic nitrogens is 1. The average molecular weight is 460 g/mol. The van der Waals surface area contributed by atoms with E-state index in [1.807, 2.05) is 0 Å². The molecule has 1 fully saturated rings. The molecule has 11 heteroatoms. The zero-order valence-electron chi connectivity index (χ0n) is 17.6. The molecule has 1 aromatic heterocycles. The highest BCUT2D eigenvalue weighted by atomic mass is 32.1. The van der Waals surface area contributed by atoms with Gasteiger partial charge < -0.3 is 10.2 Å². The maximum Gasteiger partial charge on any atom is 0.434 e. The number of alkyl halides is 3. The number of pyridine rings is 1. The molecule has 0 spiro atoms. The molecule has 7 nitrogen and oxygen atoms in total. The van der Waals surface area contributed by atoms with Crippen molar-refractivity contribution < 1.29 is 18.0 Å². The Bertz CT molecular complexity index is 1190. The predicted molar refractivity (Wildman–Crippen MR) is 118 cm³/mol. The number of amides is 1. The minimum atomic E-state index is -4.84. The molecule has 1 aliphatic rings. The molecule has 1 aromatic carbocycles. The van der Waals surface area contributed by atoms with Gasteiger partial charge in [0.1, 0.15) is 17.7 Å². The Morgan fingerprint density at radius 1 is 1.28 bits per heavy atom. The molecular formula is C21H19F3N6OS. The molecule has 166 valence electrons. The first-order chi connectivity index (χ1) is 14.8. The second kappa shape index (κ2) is 7.87. The fourth-order valence-corrected chi connectivity index (χ4v) is 4.03. The number of halogens is 3. The largest absolute Gasteiger partial charge is 0.434 e. The van der Waals surface area contributed by atoms with E-state index >= 15 is 0 Å². The van der Waals surface area contributed by atoms with Crippen LogP contribution >= 0.6 is 12.2 Å². The normalized spacial score (nSPS) is 15.7. The Morgan fingerprint density at radius 2 is 1.94 bits per heavy atom. The summed E-state index contributed by atoms with van der Waals surface area (Å²) in [5.41, 5.74) is -1.27. The van der Waals surface area contributed by atoms with Gasteiger partial charge in [0.15, 0.2) is 10.8 Å². The Balaban J connectivity index is 2.10. The molecule has 2 N–H and O–H groups in total. The van der Waals surface area contributed by atoms with Gasteiger partial charge in [0.2, 0.25) is 0 Å². The third-order valence-electron chi connectivity index (χ3n) is 5.18. The van der Waals surface area contributed by atoms with Gasteiger partial charge in [0, 0.05) is 18.3 Å². The van der Waals surface area contributed by atoms with E-state index < -0.39 is 23.0 Å². The van der Waals surface area contributed by atoms with Crippen LogP contribution in [0.2, 0.25) is 0 Å². The van der Waals surface area contributed by atoms with E-state index in [9.17, 15) is 18.0 Å². The molecule has 0 saturated carbocycles. The molecule has 0 bridgehead atoms. The summed E-state index contributed by atoms with van der Waals surface area (Å²) in [6.07, 6.45) is -4.84. The van der Waals surface area contributed by atoms with Crippen molar-refractivity contribution in [2.24, 2.45) is 0 Å². The van der Waals surface area contributed by atoms with Crippen LogP contribution in [-0.4, -0.2) is 34.4 Å². The van der Waals surface area contributed by atoms with Gasteiger partial charge in [0.25, 0.3) is 5.91 Å². The third kappa shape index (κ3) is 3.67. The molecule has 3 rings (SSSR count). The van der Waals surface area contributed by atoms with E-state index in [4.69, 9.17) is 22.9 Å². The van der Waals surface area contributed by atoms with Crippen LogP contribution in [0.1, 0.15) is 41.0 Å². The van der Waals surface area contributed by atoms with E-state index in [0.717, 1.165) is 11.0 Å². The van der Waals surface area contributed by atoms with E-state index in [1.165, 1.54) is 19.2 Å². The summed E-state index contributed by atoms with van der Waals surface area (Å²) in [6, 6.07) is 8.74. The number of thiocarbonyl (C=S) groups is 1. The van der Waals surface area contributed by atoms with E-state index in [-0.39, 0.29) is 22.7 Å². The van der Waals surface area contributed by atoms with Crippen molar-refractivity contribution >= 4 is 40.6 Å². The first-order valence-electron chi connectivity index (χ1n) is 9.39. The summed E-state index contributed by atoms with van der Waals surface area (Å²) in [7, 11) is 1.52. The van der Waals surface area contributed by atoms with Gasteiger partial charge in [-0.25, -0.2) is 4.98 Å². The van der Waals surface area contributed by atoms with Crippen molar-refractivity contribution in [3.8, 4) is 6.07 Å². The molecule has 1 amide bonds. The summed E-state index contributed by atoms with van der Waals surface area (Å²) in [4.78, 5) is 18.4. The molecule has 2 heterocycles. The summed E-state index contributed by atoms with van der Waals surface area (Å²) in [6.45, 7) is 5.16. The minimum absolute atomic E-state index is 0.0532. The second-order valence-electron chi connectivity index (χ2n) is 7.61. The van der Waals surface area contributed by atoms with Crippen LogP contribution < -0.4 is 15.1 Å². The van der Waals surface area contributed by atoms with Gasteiger partial charge in [-0.05, 0) is 68.9 Å². The highest BCUT2D eigenvalue weighted by Gasteiger charge is 2.48. The second-order valence-corrected chi connectivity index (χ2v) is 7.98. The van der Waals surface area contributed by atoms with Crippen LogP contribution in [0.3, 0.4) is 0 Å². The van der Waals surface area contributed by atoms with Crippen LogP contribution in [0.5, 0.6) is 0 Å². The lowest BCUT2D eigenvalue weighted by atomic mass is 10.0. The number of hydrogen-bond donors (Lipinski definition) is 2. The Labute approximate surface area is 188 Å². The number of carbonyl (C=O) groups is 1. The zero-order chi connectivity index (χ0) is 24.0. The number of amidine groups is 1. The van der Waals surface area contributed by atoms with E-state index in [1.54, 1.807) is 43.9 Å². The summed E-state index contributed by atoms with van der Waals surface area (Å²) in [5, 5.41) is 20.2. The minimum Gasteiger partial charge on any atom is -0.355 e. The van der Waals surface area contributed by atoms with Crippen LogP contribution in [0.4, 0.5) is 24.7 Å². The molecule has 2 aromatic rings. The fourth-order valence-electron chi connectivity index (χ4n) is 3.52. The van der Waals surface area contributed by atoms with Crippen molar-refractivity contribution in [3.05, 3.63) is 52.7 Å². The number of benzene rings is 1. The van der Waals surface area contributed by atoms with Crippen molar-refractivity contribution in [1.29, 1.82) is 10.7 Å². The lowest BCUT2D eigenvalue weighted by molar-refractivity contribution is -0.141. The number of nitriles is 1.